The molecule has 0 fully saturated rings. The molecule has 0 saturated carbocycles. The number of aliphatic imine (C=N–C) groups is 1. The number of carbonyl (C=O) groups is 1. The molecule has 7 heteroatoms. The lowest BCUT2D eigenvalue weighted by Crippen LogP contribution is -2.40. The monoisotopic (exact) mass is 378 g/mol. The molecule has 2 N–H and O–H groups in total. The Labute approximate surface area is 163 Å². The third kappa shape index (κ3) is 7.37. The molecule has 0 aliphatic heterocycles. The molecule has 0 atom stereocenters. The van der Waals surface area contributed by atoms with Crippen LogP contribution in [0.5, 0.6) is 11.5 Å². The summed E-state index contributed by atoms with van der Waals surface area (Å²) in [5, 5.41) is 6.19. The van der Waals surface area contributed by atoms with Gasteiger partial charge in [-0.25, -0.2) is 0 Å². The third-order valence-corrected chi connectivity index (χ3v) is 3.94. The Kier molecular flexibility index (Phi) is 8.91. The average Bonchev–Trinajstić information content (AvgIpc) is 2.63. The van der Waals surface area contributed by atoms with E-state index in [1.807, 2.05) is 57.8 Å². The molecule has 0 spiro atoms. The van der Waals surface area contributed by atoms with Gasteiger partial charge in [0.1, 0.15) is 11.5 Å². The van der Waals surface area contributed by atoms with Gasteiger partial charge in [-0.2, -0.15) is 0 Å². The van der Waals surface area contributed by atoms with Crippen molar-refractivity contribution >= 4 is 11.9 Å². The summed E-state index contributed by atoms with van der Waals surface area (Å²) >= 11 is 0. The highest BCUT2D eigenvalue weighted by Gasteiger charge is 2.20. The van der Waals surface area contributed by atoms with E-state index in [1.165, 1.54) is 0 Å². The summed E-state index contributed by atoms with van der Waals surface area (Å²) in [7, 11) is 5.25. The van der Waals surface area contributed by atoms with E-state index in [9.17, 15) is 4.79 Å². The smallest absolute Gasteiger partial charge is 0.225 e. The largest absolute Gasteiger partial charge is 0.497 e. The third-order valence-electron chi connectivity index (χ3n) is 3.94. The summed E-state index contributed by atoms with van der Waals surface area (Å²) in [6.07, 6.45) is 0. The highest BCUT2D eigenvalue weighted by atomic mass is 16.5. The molecule has 0 radical (unpaired) electrons. The molecule has 0 aliphatic carbocycles. The normalized spacial score (nSPS) is 11.7. The number of hydrogen-bond acceptors (Lipinski definition) is 4. The fourth-order valence-electron chi connectivity index (χ4n) is 2.38. The van der Waals surface area contributed by atoms with E-state index in [0.717, 1.165) is 29.6 Å². The molecule has 27 heavy (non-hydrogen) atoms. The maximum Gasteiger partial charge on any atom is 0.225 e. The minimum absolute atomic E-state index is 0.0269. The minimum atomic E-state index is -0.393. The molecule has 0 unspecified atom stereocenters. The number of hydrogen-bond donors (Lipinski definition) is 2. The van der Waals surface area contributed by atoms with Gasteiger partial charge in [-0.05, 0) is 19.1 Å². The lowest BCUT2D eigenvalue weighted by atomic mass is 9.96. The summed E-state index contributed by atoms with van der Waals surface area (Å²) in [6.45, 7) is 10.1. The number of amides is 1. The number of ether oxygens (including phenoxy) is 2. The number of nitrogens with zero attached hydrogens (tertiary/aromatic N) is 2. The van der Waals surface area contributed by atoms with Crippen LogP contribution in [0, 0.1) is 5.41 Å². The van der Waals surface area contributed by atoms with Crippen molar-refractivity contribution in [1.82, 2.24) is 15.5 Å². The van der Waals surface area contributed by atoms with Gasteiger partial charge in [0, 0.05) is 43.7 Å². The number of carbonyl (C=O) groups excluding carboxylic acids is 1. The van der Waals surface area contributed by atoms with Gasteiger partial charge in [-0.1, -0.05) is 20.8 Å². The number of methoxy groups -OCH3 is 2. The summed E-state index contributed by atoms with van der Waals surface area (Å²) in [5.74, 6) is 2.34. The van der Waals surface area contributed by atoms with Crippen LogP contribution in [-0.4, -0.2) is 57.7 Å². The molecular formula is C20H34N4O3. The molecule has 0 heterocycles. The van der Waals surface area contributed by atoms with E-state index in [2.05, 4.69) is 15.6 Å². The van der Waals surface area contributed by atoms with Crippen molar-refractivity contribution in [3.63, 3.8) is 0 Å². The fourth-order valence-corrected chi connectivity index (χ4v) is 2.38. The number of nitrogens with one attached hydrogen (secondary N) is 2. The van der Waals surface area contributed by atoms with Gasteiger partial charge in [0.15, 0.2) is 5.96 Å². The quantitative estimate of drug-likeness (QED) is 0.412. The highest BCUT2D eigenvalue weighted by Crippen LogP contribution is 2.25. The van der Waals surface area contributed by atoms with Crippen molar-refractivity contribution in [3.05, 3.63) is 23.8 Å². The van der Waals surface area contributed by atoms with Crippen molar-refractivity contribution in [2.45, 2.75) is 34.2 Å². The van der Waals surface area contributed by atoms with Crippen LogP contribution in [0.1, 0.15) is 33.3 Å². The molecule has 1 amide bonds. The van der Waals surface area contributed by atoms with Gasteiger partial charge in [-0.15, -0.1) is 0 Å². The molecule has 0 bridgehead atoms. The van der Waals surface area contributed by atoms with Gasteiger partial charge in [0.25, 0.3) is 0 Å². The number of guanidine groups is 1. The first-order valence-corrected chi connectivity index (χ1v) is 9.21. The molecule has 0 aromatic heterocycles. The Morgan fingerprint density at radius 3 is 2.44 bits per heavy atom. The molecule has 1 aromatic rings. The van der Waals surface area contributed by atoms with Crippen molar-refractivity contribution in [2.75, 3.05) is 40.9 Å². The van der Waals surface area contributed by atoms with Crippen LogP contribution < -0.4 is 20.1 Å². The summed E-state index contributed by atoms with van der Waals surface area (Å²) in [4.78, 5) is 18.6. The molecular weight excluding hydrogens is 344 g/mol. The van der Waals surface area contributed by atoms with Crippen LogP contribution in [0.4, 0.5) is 0 Å². The predicted octanol–water partition coefficient (Wildman–Crippen LogP) is 2.26. The second-order valence-electron chi connectivity index (χ2n) is 7.28. The van der Waals surface area contributed by atoms with Crippen LogP contribution >= 0.6 is 0 Å². The molecule has 1 aromatic carbocycles. The van der Waals surface area contributed by atoms with Crippen LogP contribution in [-0.2, 0) is 11.3 Å². The Hall–Kier alpha value is -2.44. The number of rotatable bonds is 8. The minimum Gasteiger partial charge on any atom is -0.497 e. The lowest BCUT2D eigenvalue weighted by molar-refractivity contribution is -0.128. The van der Waals surface area contributed by atoms with E-state index in [1.54, 1.807) is 14.2 Å². The van der Waals surface area contributed by atoms with E-state index < -0.39 is 5.41 Å². The van der Waals surface area contributed by atoms with Gasteiger partial charge in [0.05, 0.1) is 20.8 Å². The zero-order chi connectivity index (χ0) is 20.4. The predicted molar refractivity (Wildman–Crippen MR) is 109 cm³/mol. The fraction of sp³-hybridized carbons (Fsp3) is 0.600. The van der Waals surface area contributed by atoms with Crippen molar-refractivity contribution < 1.29 is 14.3 Å². The molecule has 1 rings (SSSR count). The van der Waals surface area contributed by atoms with Crippen LogP contribution in [0.15, 0.2) is 23.2 Å². The van der Waals surface area contributed by atoms with Gasteiger partial charge < -0.3 is 25.0 Å². The van der Waals surface area contributed by atoms with Crippen molar-refractivity contribution in [1.29, 1.82) is 0 Å². The zero-order valence-electron chi connectivity index (χ0n) is 17.7. The summed E-state index contributed by atoms with van der Waals surface area (Å²) in [6, 6.07) is 5.77. The maximum absolute atomic E-state index is 11.9. The first-order valence-electron chi connectivity index (χ1n) is 9.21. The van der Waals surface area contributed by atoms with Gasteiger partial charge >= 0.3 is 0 Å². The second-order valence-corrected chi connectivity index (χ2v) is 7.28. The topological polar surface area (TPSA) is 75.2 Å². The van der Waals surface area contributed by atoms with E-state index in [0.29, 0.717) is 19.6 Å². The van der Waals surface area contributed by atoms with Crippen molar-refractivity contribution in [2.24, 2.45) is 10.4 Å². The zero-order valence-corrected chi connectivity index (χ0v) is 17.7. The van der Waals surface area contributed by atoms with Crippen LogP contribution in [0.3, 0.4) is 0 Å². The van der Waals surface area contributed by atoms with E-state index in [4.69, 9.17) is 9.47 Å². The second kappa shape index (κ2) is 10.6. The Bertz CT molecular complexity index is 639. The summed E-state index contributed by atoms with van der Waals surface area (Å²) in [5.41, 5.74) is 0.642. The SMILES string of the molecule is CCNC(=NCCNC(=O)C(C)(C)C)N(C)Cc1ccc(OC)cc1OC. The molecule has 152 valence electrons. The van der Waals surface area contributed by atoms with E-state index >= 15 is 0 Å². The Balaban J connectivity index is 2.75. The average molecular weight is 379 g/mol. The summed E-state index contributed by atoms with van der Waals surface area (Å²) < 4.78 is 10.7. The molecule has 0 saturated heterocycles. The standard InChI is InChI=1S/C20H34N4O3/c1-8-21-19(23-12-11-22-18(25)20(2,3)4)24(5)14-15-9-10-16(26-6)13-17(15)27-7/h9-10,13H,8,11-12,14H2,1-7H3,(H,21,23)(H,22,25). The van der Waals surface area contributed by atoms with Crippen LogP contribution in [0.25, 0.3) is 0 Å². The highest BCUT2D eigenvalue weighted by molar-refractivity contribution is 5.81. The van der Waals surface area contributed by atoms with Gasteiger partial charge in [-0.3, -0.25) is 9.79 Å². The Morgan fingerprint density at radius 1 is 1.19 bits per heavy atom. The first kappa shape index (κ1) is 22.6. The first-order chi connectivity index (χ1) is 12.7. The van der Waals surface area contributed by atoms with Gasteiger partial charge in [0.2, 0.25) is 5.91 Å². The van der Waals surface area contributed by atoms with Crippen LogP contribution in [0.2, 0.25) is 0 Å². The lowest BCUT2D eigenvalue weighted by Gasteiger charge is -2.23. The molecule has 7 nitrogen and oxygen atoms in total. The maximum atomic E-state index is 11.9. The van der Waals surface area contributed by atoms with Crippen molar-refractivity contribution in [3.8, 4) is 11.5 Å². The Morgan fingerprint density at radius 2 is 1.89 bits per heavy atom. The molecule has 0 aliphatic rings. The number of benzene rings is 1. The van der Waals surface area contributed by atoms with E-state index in [-0.39, 0.29) is 5.91 Å².